The van der Waals surface area contributed by atoms with Gasteiger partial charge in [0.15, 0.2) is 0 Å². The van der Waals surface area contributed by atoms with Gasteiger partial charge in [-0.25, -0.2) is 0 Å². The van der Waals surface area contributed by atoms with Gasteiger partial charge in [0.2, 0.25) is 5.91 Å². The van der Waals surface area contributed by atoms with E-state index in [1.54, 1.807) is 0 Å². The molecule has 1 aromatic carbocycles. The Bertz CT molecular complexity index is 427. The minimum absolute atomic E-state index is 0.0623. The Morgan fingerprint density at radius 1 is 1.45 bits per heavy atom. The number of benzene rings is 1. The second-order valence-corrected chi connectivity index (χ2v) is 5.58. The first-order chi connectivity index (χ1) is 9.72. The lowest BCUT2D eigenvalue weighted by atomic mass is 9.81. The molecule has 4 nitrogen and oxygen atoms in total. The van der Waals surface area contributed by atoms with E-state index in [-0.39, 0.29) is 24.0 Å². The summed E-state index contributed by atoms with van der Waals surface area (Å²) in [5.41, 5.74) is 0.637. The molecule has 1 unspecified atom stereocenters. The summed E-state index contributed by atoms with van der Waals surface area (Å²) in [6, 6.07) is 9.31. The van der Waals surface area contributed by atoms with Crippen molar-refractivity contribution in [2.24, 2.45) is 5.41 Å². The van der Waals surface area contributed by atoms with E-state index in [4.69, 9.17) is 0 Å². The first-order valence-corrected chi connectivity index (χ1v) is 7.39. The van der Waals surface area contributed by atoms with Gasteiger partial charge in [0.1, 0.15) is 0 Å². The maximum atomic E-state index is 12.6. The molecule has 0 aliphatic carbocycles. The monoisotopic (exact) mass is 276 g/mol. The van der Waals surface area contributed by atoms with Crippen LogP contribution in [0, 0.1) is 5.41 Å². The van der Waals surface area contributed by atoms with Crippen molar-refractivity contribution >= 4 is 5.91 Å². The van der Waals surface area contributed by atoms with Gasteiger partial charge in [0.25, 0.3) is 0 Å². The van der Waals surface area contributed by atoms with E-state index in [9.17, 15) is 9.90 Å². The Hall–Kier alpha value is -1.39. The SMILES string of the molecule is CCCC1(C(=O)N[C@@H](CO)c2ccccc2)CCNC1. The molecule has 0 bridgehead atoms. The normalized spacial score (nSPS) is 23.5. The summed E-state index contributed by atoms with van der Waals surface area (Å²) in [7, 11) is 0. The first-order valence-electron chi connectivity index (χ1n) is 7.39. The lowest BCUT2D eigenvalue weighted by molar-refractivity contribution is -0.131. The van der Waals surface area contributed by atoms with E-state index in [0.29, 0.717) is 0 Å². The highest BCUT2D eigenvalue weighted by atomic mass is 16.3. The maximum absolute atomic E-state index is 12.6. The number of hydrogen-bond acceptors (Lipinski definition) is 3. The van der Waals surface area contributed by atoms with Crippen molar-refractivity contribution in [2.45, 2.75) is 32.2 Å². The Morgan fingerprint density at radius 3 is 2.75 bits per heavy atom. The van der Waals surface area contributed by atoms with E-state index in [1.165, 1.54) is 0 Å². The van der Waals surface area contributed by atoms with Crippen molar-refractivity contribution in [3.63, 3.8) is 0 Å². The number of carbonyl (C=O) groups is 1. The lowest BCUT2D eigenvalue weighted by Gasteiger charge is -2.29. The van der Waals surface area contributed by atoms with Crippen LogP contribution in [0.4, 0.5) is 0 Å². The average molecular weight is 276 g/mol. The number of aliphatic hydroxyl groups is 1. The number of nitrogens with one attached hydrogen (secondary N) is 2. The lowest BCUT2D eigenvalue weighted by Crippen LogP contribution is -2.44. The molecule has 20 heavy (non-hydrogen) atoms. The van der Waals surface area contributed by atoms with E-state index < -0.39 is 0 Å². The van der Waals surface area contributed by atoms with E-state index in [2.05, 4.69) is 17.6 Å². The molecule has 110 valence electrons. The maximum Gasteiger partial charge on any atom is 0.228 e. The molecule has 3 N–H and O–H groups in total. The first kappa shape index (κ1) is 15.0. The summed E-state index contributed by atoms with van der Waals surface area (Å²) in [5, 5.41) is 15.9. The zero-order valence-electron chi connectivity index (χ0n) is 12.1. The standard InChI is InChI=1S/C16H24N2O2/c1-2-8-16(9-10-17-12-16)15(20)18-14(11-19)13-6-4-3-5-7-13/h3-7,14,17,19H,2,8-12H2,1H3,(H,18,20)/t14-,16?/m0/s1. The highest BCUT2D eigenvalue weighted by Crippen LogP contribution is 2.32. The molecule has 4 heteroatoms. The average Bonchev–Trinajstić information content (AvgIpc) is 2.96. The van der Waals surface area contributed by atoms with Gasteiger partial charge in [0, 0.05) is 6.54 Å². The second kappa shape index (κ2) is 6.86. The Balaban J connectivity index is 2.08. The third-order valence-electron chi connectivity index (χ3n) is 4.14. The highest BCUT2D eigenvalue weighted by molar-refractivity contribution is 5.83. The summed E-state index contributed by atoms with van der Waals surface area (Å²) in [6.07, 6.45) is 2.75. The van der Waals surface area contributed by atoms with E-state index in [1.807, 2.05) is 30.3 Å². The van der Waals surface area contributed by atoms with Crippen molar-refractivity contribution in [3.8, 4) is 0 Å². The third-order valence-corrected chi connectivity index (χ3v) is 4.14. The van der Waals surface area contributed by atoms with Crippen LogP contribution in [0.1, 0.15) is 37.8 Å². The van der Waals surface area contributed by atoms with Crippen LogP contribution in [-0.2, 0) is 4.79 Å². The van der Waals surface area contributed by atoms with Gasteiger partial charge >= 0.3 is 0 Å². The smallest absolute Gasteiger partial charge is 0.228 e. The molecule has 1 amide bonds. The van der Waals surface area contributed by atoms with Crippen LogP contribution < -0.4 is 10.6 Å². The van der Waals surface area contributed by atoms with Crippen LogP contribution in [0.25, 0.3) is 0 Å². The number of carbonyl (C=O) groups excluding carboxylic acids is 1. The molecule has 0 aromatic heterocycles. The molecule has 1 heterocycles. The predicted molar refractivity (Wildman–Crippen MR) is 79.2 cm³/mol. The van der Waals surface area contributed by atoms with Gasteiger partial charge in [-0.3, -0.25) is 4.79 Å². The largest absolute Gasteiger partial charge is 0.394 e. The van der Waals surface area contributed by atoms with Crippen LogP contribution in [0.15, 0.2) is 30.3 Å². The second-order valence-electron chi connectivity index (χ2n) is 5.58. The fourth-order valence-electron chi connectivity index (χ4n) is 2.97. The topological polar surface area (TPSA) is 61.4 Å². The van der Waals surface area contributed by atoms with Gasteiger partial charge in [-0.05, 0) is 24.9 Å². The molecule has 0 saturated carbocycles. The van der Waals surface area contributed by atoms with Crippen LogP contribution >= 0.6 is 0 Å². The summed E-state index contributed by atoms with van der Waals surface area (Å²) in [5.74, 6) is 0.0623. The van der Waals surface area contributed by atoms with Crippen molar-refractivity contribution in [2.75, 3.05) is 19.7 Å². The van der Waals surface area contributed by atoms with Gasteiger partial charge < -0.3 is 15.7 Å². The molecule has 2 rings (SSSR count). The number of rotatable bonds is 6. The number of amides is 1. The van der Waals surface area contributed by atoms with Crippen molar-refractivity contribution < 1.29 is 9.90 Å². The van der Waals surface area contributed by atoms with E-state index in [0.717, 1.165) is 37.9 Å². The van der Waals surface area contributed by atoms with Crippen molar-refractivity contribution in [3.05, 3.63) is 35.9 Å². The fraction of sp³-hybridized carbons (Fsp3) is 0.562. The van der Waals surface area contributed by atoms with E-state index >= 15 is 0 Å². The molecule has 1 aromatic rings. The Kier molecular flexibility index (Phi) is 5.15. The zero-order valence-corrected chi connectivity index (χ0v) is 12.1. The molecule has 0 radical (unpaired) electrons. The highest BCUT2D eigenvalue weighted by Gasteiger charge is 2.40. The van der Waals surface area contributed by atoms with Gasteiger partial charge in [-0.2, -0.15) is 0 Å². The molecule has 2 atom stereocenters. The summed E-state index contributed by atoms with van der Waals surface area (Å²) >= 11 is 0. The van der Waals surface area contributed by atoms with Crippen LogP contribution in [0.5, 0.6) is 0 Å². The number of hydrogen-bond donors (Lipinski definition) is 3. The van der Waals surface area contributed by atoms with Crippen LogP contribution in [0.3, 0.4) is 0 Å². The van der Waals surface area contributed by atoms with Crippen molar-refractivity contribution in [1.29, 1.82) is 0 Å². The molecule has 0 spiro atoms. The zero-order chi connectivity index (χ0) is 14.4. The molecule has 1 fully saturated rings. The third kappa shape index (κ3) is 3.19. The predicted octanol–water partition coefficient (Wildman–Crippen LogP) is 1.62. The molecule has 1 aliphatic rings. The van der Waals surface area contributed by atoms with Gasteiger partial charge in [-0.1, -0.05) is 43.7 Å². The molecule has 1 aliphatic heterocycles. The molecule has 1 saturated heterocycles. The Labute approximate surface area is 120 Å². The van der Waals surface area contributed by atoms with Gasteiger partial charge in [-0.15, -0.1) is 0 Å². The van der Waals surface area contributed by atoms with Crippen molar-refractivity contribution in [1.82, 2.24) is 10.6 Å². The minimum Gasteiger partial charge on any atom is -0.394 e. The Morgan fingerprint density at radius 2 is 2.20 bits per heavy atom. The summed E-state index contributed by atoms with van der Waals surface area (Å²) < 4.78 is 0. The van der Waals surface area contributed by atoms with Gasteiger partial charge in [0.05, 0.1) is 18.1 Å². The quantitative estimate of drug-likeness (QED) is 0.740. The number of aliphatic hydroxyl groups excluding tert-OH is 1. The molecular weight excluding hydrogens is 252 g/mol. The summed E-state index contributed by atoms with van der Waals surface area (Å²) in [6.45, 7) is 3.65. The van der Waals surface area contributed by atoms with Crippen LogP contribution in [0.2, 0.25) is 0 Å². The summed E-state index contributed by atoms with van der Waals surface area (Å²) in [4.78, 5) is 12.6. The molecular formula is C16H24N2O2. The fourth-order valence-corrected chi connectivity index (χ4v) is 2.97. The van der Waals surface area contributed by atoms with Crippen LogP contribution in [-0.4, -0.2) is 30.7 Å². The minimum atomic E-state index is -0.321.